The minimum absolute atomic E-state index is 0.104. The molecule has 1 aromatic heterocycles. The lowest BCUT2D eigenvalue weighted by atomic mass is 10.1. The molecule has 2 aromatic rings. The first kappa shape index (κ1) is 23.5. The summed E-state index contributed by atoms with van der Waals surface area (Å²) in [6.45, 7) is 17.0. The highest BCUT2D eigenvalue weighted by atomic mass is 28.4. The van der Waals surface area contributed by atoms with Crippen LogP contribution >= 0.6 is 0 Å². The van der Waals surface area contributed by atoms with Crippen LogP contribution in [0, 0.1) is 5.82 Å². The molecule has 0 unspecified atom stereocenters. The maximum Gasteiger partial charge on any atom is 0.215 e. The predicted octanol–water partition coefficient (Wildman–Crippen LogP) is 5.47. The summed E-state index contributed by atoms with van der Waals surface area (Å²) in [5.74, 6) is 0.486. The largest absolute Gasteiger partial charge is 0.478 e. The van der Waals surface area contributed by atoms with E-state index in [1.165, 1.54) is 0 Å². The smallest absolute Gasteiger partial charge is 0.215 e. The van der Waals surface area contributed by atoms with Crippen molar-refractivity contribution in [3.63, 3.8) is 0 Å². The summed E-state index contributed by atoms with van der Waals surface area (Å²) in [5, 5.41) is 0.104. The summed E-state index contributed by atoms with van der Waals surface area (Å²) in [6, 6.07) is 9.62. The van der Waals surface area contributed by atoms with Crippen LogP contribution in [0.15, 0.2) is 36.5 Å². The van der Waals surface area contributed by atoms with E-state index in [1.54, 1.807) is 6.20 Å². The van der Waals surface area contributed by atoms with Crippen LogP contribution in [0.1, 0.15) is 33.3 Å². The van der Waals surface area contributed by atoms with Crippen molar-refractivity contribution in [2.24, 2.45) is 0 Å². The Morgan fingerprint density at radius 3 is 2.39 bits per heavy atom. The molecule has 2 heterocycles. The normalized spacial score (nSPS) is 15.3. The van der Waals surface area contributed by atoms with Gasteiger partial charge in [0.25, 0.3) is 0 Å². The second-order valence-electron chi connectivity index (χ2n) is 9.56. The van der Waals surface area contributed by atoms with E-state index in [2.05, 4.69) is 48.6 Å². The highest BCUT2D eigenvalue weighted by Crippen LogP contribution is 2.37. The zero-order valence-electron chi connectivity index (χ0n) is 19.7. The molecule has 5 nitrogen and oxygen atoms in total. The average molecular weight is 446 g/mol. The molecule has 0 radical (unpaired) electrons. The molecule has 1 aromatic carbocycles. The van der Waals surface area contributed by atoms with Crippen molar-refractivity contribution in [3.8, 4) is 5.88 Å². The number of benzene rings is 1. The van der Waals surface area contributed by atoms with Crippen LogP contribution in [0.25, 0.3) is 0 Å². The molecule has 1 aliphatic rings. The van der Waals surface area contributed by atoms with Gasteiger partial charge in [-0.2, -0.15) is 0 Å². The number of hydrogen-bond donors (Lipinski definition) is 0. The van der Waals surface area contributed by atoms with Gasteiger partial charge < -0.3 is 19.0 Å². The molecule has 170 valence electrons. The van der Waals surface area contributed by atoms with E-state index in [0.29, 0.717) is 30.3 Å². The molecule has 0 saturated carbocycles. The Hall–Kier alpha value is -2.12. The summed E-state index contributed by atoms with van der Waals surface area (Å²) in [7, 11) is -1.93. The Bertz CT molecular complexity index is 877. The molecule has 31 heavy (non-hydrogen) atoms. The van der Waals surface area contributed by atoms with E-state index in [4.69, 9.17) is 9.16 Å². The van der Waals surface area contributed by atoms with E-state index in [0.717, 1.165) is 31.9 Å². The maximum atomic E-state index is 15.3. The number of hydrogen-bond acceptors (Lipinski definition) is 5. The van der Waals surface area contributed by atoms with Crippen LogP contribution in [-0.2, 0) is 11.0 Å². The molecule has 1 aliphatic heterocycles. The van der Waals surface area contributed by atoms with Gasteiger partial charge in [-0.15, -0.1) is 0 Å². The van der Waals surface area contributed by atoms with Crippen molar-refractivity contribution >= 4 is 19.7 Å². The molecule has 0 amide bonds. The first-order valence-corrected chi connectivity index (χ1v) is 14.0. The fourth-order valence-corrected chi connectivity index (χ4v) is 4.37. The van der Waals surface area contributed by atoms with Crippen molar-refractivity contribution in [2.75, 3.05) is 42.6 Å². The predicted molar refractivity (Wildman–Crippen MR) is 128 cm³/mol. The lowest BCUT2D eigenvalue weighted by Crippen LogP contribution is -2.47. The SMILES string of the molecule is CCOc1cc(N2CCN(c3cccc(CO[Si](C)(C)C(C)(C)C)c3F)CC2)ccn1. The van der Waals surface area contributed by atoms with Crippen LogP contribution in [0.2, 0.25) is 18.1 Å². The molecular weight excluding hydrogens is 409 g/mol. The molecule has 0 aliphatic carbocycles. The van der Waals surface area contributed by atoms with Gasteiger partial charge in [0.15, 0.2) is 14.1 Å². The monoisotopic (exact) mass is 445 g/mol. The first-order valence-electron chi connectivity index (χ1n) is 11.1. The molecule has 1 fully saturated rings. The van der Waals surface area contributed by atoms with Crippen LogP contribution in [0.3, 0.4) is 0 Å². The number of anilines is 2. The van der Waals surface area contributed by atoms with Crippen LogP contribution in [0.4, 0.5) is 15.8 Å². The zero-order valence-corrected chi connectivity index (χ0v) is 20.7. The highest BCUT2D eigenvalue weighted by Gasteiger charge is 2.37. The Balaban J connectivity index is 1.66. The molecule has 7 heteroatoms. The van der Waals surface area contributed by atoms with Crippen LogP contribution < -0.4 is 14.5 Å². The topological polar surface area (TPSA) is 37.8 Å². The van der Waals surface area contributed by atoms with Crippen molar-refractivity contribution in [1.82, 2.24) is 4.98 Å². The third kappa shape index (κ3) is 5.57. The van der Waals surface area contributed by atoms with Crippen molar-refractivity contribution < 1.29 is 13.6 Å². The van der Waals surface area contributed by atoms with E-state index in [9.17, 15) is 0 Å². The first-order chi connectivity index (χ1) is 14.6. The lowest BCUT2D eigenvalue weighted by Gasteiger charge is -2.38. The van der Waals surface area contributed by atoms with Gasteiger partial charge in [-0.25, -0.2) is 9.37 Å². The average Bonchev–Trinajstić information content (AvgIpc) is 2.73. The number of pyridine rings is 1. The maximum absolute atomic E-state index is 15.3. The number of halogens is 1. The summed E-state index contributed by atoms with van der Waals surface area (Å²) in [4.78, 5) is 8.67. The number of ether oxygens (including phenoxy) is 1. The molecule has 0 spiro atoms. The zero-order chi connectivity index (χ0) is 22.6. The fraction of sp³-hybridized carbons (Fsp3) is 0.542. The van der Waals surface area contributed by atoms with Gasteiger partial charge >= 0.3 is 0 Å². The van der Waals surface area contributed by atoms with Crippen molar-refractivity contribution in [2.45, 2.75) is 52.4 Å². The Morgan fingerprint density at radius 1 is 1.06 bits per heavy atom. The van der Waals surface area contributed by atoms with E-state index < -0.39 is 8.32 Å². The van der Waals surface area contributed by atoms with Crippen molar-refractivity contribution in [1.29, 1.82) is 0 Å². The Labute approximate surface area is 187 Å². The van der Waals surface area contributed by atoms with Gasteiger partial charge in [0.2, 0.25) is 5.88 Å². The van der Waals surface area contributed by atoms with Gasteiger partial charge in [0, 0.05) is 49.7 Å². The molecule has 0 atom stereocenters. The van der Waals surface area contributed by atoms with Gasteiger partial charge in [-0.05, 0) is 37.2 Å². The molecular formula is C24H36FN3O2Si. The molecule has 0 N–H and O–H groups in total. The summed E-state index contributed by atoms with van der Waals surface area (Å²) >= 11 is 0. The molecule has 1 saturated heterocycles. The second kappa shape index (κ2) is 9.57. The molecule has 3 rings (SSSR count). The van der Waals surface area contributed by atoms with E-state index in [1.807, 2.05) is 37.3 Å². The number of nitrogens with zero attached hydrogens (tertiary/aromatic N) is 3. The van der Waals surface area contributed by atoms with Gasteiger partial charge in [-0.1, -0.05) is 32.9 Å². The van der Waals surface area contributed by atoms with Gasteiger partial charge in [0.1, 0.15) is 0 Å². The number of aromatic nitrogens is 1. The van der Waals surface area contributed by atoms with E-state index >= 15 is 4.39 Å². The minimum Gasteiger partial charge on any atom is -0.478 e. The Morgan fingerprint density at radius 2 is 1.74 bits per heavy atom. The number of piperazine rings is 1. The summed E-state index contributed by atoms with van der Waals surface area (Å²) in [5.41, 5.74) is 2.40. The Kier molecular flexibility index (Phi) is 7.26. The quantitative estimate of drug-likeness (QED) is 0.529. The summed E-state index contributed by atoms with van der Waals surface area (Å²) in [6.07, 6.45) is 1.78. The second-order valence-corrected chi connectivity index (χ2v) is 14.4. The summed E-state index contributed by atoms with van der Waals surface area (Å²) < 4.78 is 27.1. The fourth-order valence-electron chi connectivity index (χ4n) is 3.42. The van der Waals surface area contributed by atoms with Crippen molar-refractivity contribution in [3.05, 3.63) is 47.9 Å². The lowest BCUT2D eigenvalue weighted by molar-refractivity contribution is 0.271. The van der Waals surface area contributed by atoms with Gasteiger partial charge in [0.05, 0.1) is 18.9 Å². The molecule has 0 bridgehead atoms. The van der Waals surface area contributed by atoms with Crippen LogP contribution in [0.5, 0.6) is 5.88 Å². The number of rotatable bonds is 7. The standard InChI is InChI=1S/C24H36FN3O2Si/c1-7-29-22-17-20(11-12-26-22)27-13-15-28(16-14-27)21-10-8-9-19(23(21)25)18-30-31(5,6)24(2,3)4/h8-12,17H,7,13-16,18H2,1-6H3. The van der Waals surface area contributed by atoms with Crippen LogP contribution in [-0.4, -0.2) is 46.1 Å². The minimum atomic E-state index is -1.93. The van der Waals surface area contributed by atoms with Gasteiger partial charge in [-0.3, -0.25) is 0 Å². The third-order valence-corrected chi connectivity index (χ3v) is 10.9. The highest BCUT2D eigenvalue weighted by molar-refractivity contribution is 6.74. The van der Waals surface area contributed by atoms with E-state index in [-0.39, 0.29) is 10.9 Å². The third-order valence-electron chi connectivity index (χ3n) is 6.45.